The van der Waals surface area contributed by atoms with Crippen molar-refractivity contribution in [3.05, 3.63) is 77.9 Å². The van der Waals surface area contributed by atoms with Crippen LogP contribution in [-0.4, -0.2) is 40.0 Å². The maximum absolute atomic E-state index is 12.9. The third-order valence-electron chi connectivity index (χ3n) is 7.42. The molecule has 1 aliphatic carbocycles. The number of rotatable bonds is 7. The topological polar surface area (TPSA) is 82.8 Å². The van der Waals surface area contributed by atoms with Crippen molar-refractivity contribution in [3.63, 3.8) is 0 Å². The zero-order chi connectivity index (χ0) is 25.0. The van der Waals surface area contributed by atoms with Crippen LogP contribution in [0.3, 0.4) is 0 Å². The summed E-state index contributed by atoms with van der Waals surface area (Å²) in [5.41, 5.74) is 4.21. The molecule has 4 heterocycles. The molecule has 2 atom stereocenters. The van der Waals surface area contributed by atoms with Crippen LogP contribution < -0.4 is 66.1 Å². The molecule has 2 aliphatic rings. The number of aliphatic carboxylic acids is 1. The van der Waals surface area contributed by atoms with Gasteiger partial charge in [-0.15, -0.1) is 0 Å². The van der Waals surface area contributed by atoms with E-state index in [2.05, 4.69) is 9.97 Å². The van der Waals surface area contributed by atoms with Gasteiger partial charge in [0.05, 0.1) is 5.69 Å². The first kappa shape index (κ1) is 26.2. The molecule has 0 radical (unpaired) electrons. The van der Waals surface area contributed by atoms with E-state index < -0.39 is 18.0 Å². The second-order valence-corrected chi connectivity index (χ2v) is 9.58. The molecule has 37 heavy (non-hydrogen) atoms. The van der Waals surface area contributed by atoms with Crippen molar-refractivity contribution in [2.45, 2.75) is 26.4 Å². The number of aryl methyl sites for hydroxylation is 1. The maximum Gasteiger partial charge on any atom is 1.00 e. The molecule has 2 fully saturated rings. The smallest absolute Gasteiger partial charge is 0.549 e. The Balaban J connectivity index is 0.00000280. The Bertz CT molecular complexity index is 1480. The van der Waals surface area contributed by atoms with Gasteiger partial charge in [0.2, 0.25) is 0 Å². The average Bonchev–Trinajstić information content (AvgIpc) is 3.29. The first-order chi connectivity index (χ1) is 17.3. The third-order valence-corrected chi connectivity index (χ3v) is 7.42. The molecule has 7 nitrogen and oxygen atoms in total. The Hall–Kier alpha value is -2.37. The molecule has 6 rings (SSSR count). The van der Waals surface area contributed by atoms with Gasteiger partial charge in [-0.1, -0.05) is 18.2 Å². The summed E-state index contributed by atoms with van der Waals surface area (Å²) in [5, 5.41) is 11.5. The van der Waals surface area contributed by atoms with Gasteiger partial charge in [0, 0.05) is 65.7 Å². The third kappa shape index (κ3) is 4.81. The summed E-state index contributed by atoms with van der Waals surface area (Å²) in [6, 6.07) is 14.5. The molecule has 0 amide bonds. The number of imidazole rings is 1. The Kier molecular flexibility index (Phi) is 7.14. The normalized spacial score (nSPS) is 20.1. The standard InChI is InChI=1S/C27H24F2N4O3.K/c1-16-21(10-17-4-2-3-5-22(17)36-26(28)29)33-13-19(7-9-24(33)31-16)18-6-8-23(30-12-18)32-14-20-11-27(20,15-32)25(34)35;/h2-9,12-13,20,26H,10-11,14-15H2,1H3,(H,34,35);/q;+1/p-1. The number of aromatic nitrogens is 3. The second kappa shape index (κ2) is 10.1. The Morgan fingerprint density at radius 1 is 1.19 bits per heavy atom. The molecule has 3 aromatic heterocycles. The van der Waals surface area contributed by atoms with Gasteiger partial charge in [-0.25, -0.2) is 9.97 Å². The number of hydrogen-bond donors (Lipinski definition) is 0. The van der Waals surface area contributed by atoms with E-state index in [1.165, 1.54) is 6.07 Å². The molecule has 1 aliphatic heterocycles. The first-order valence-corrected chi connectivity index (χ1v) is 11.8. The van der Waals surface area contributed by atoms with Gasteiger partial charge in [-0.2, -0.15) is 8.78 Å². The number of ether oxygens (including phenoxy) is 1. The van der Waals surface area contributed by atoms with Gasteiger partial charge in [0.1, 0.15) is 17.2 Å². The number of nitrogens with zero attached hydrogens (tertiary/aromatic N) is 4. The molecule has 10 heteroatoms. The number of halogens is 2. The minimum atomic E-state index is -2.89. The number of hydrogen-bond acceptors (Lipinski definition) is 6. The van der Waals surface area contributed by atoms with E-state index in [-0.39, 0.29) is 63.1 Å². The average molecular weight is 529 g/mol. The first-order valence-electron chi connectivity index (χ1n) is 11.8. The summed E-state index contributed by atoms with van der Waals surface area (Å²) in [5.74, 6) is 0.0838. The number of carboxylic acid groups (broad SMARTS) is 1. The van der Waals surface area contributed by atoms with Crippen molar-refractivity contribution in [2.24, 2.45) is 11.3 Å². The Labute approximate surface area is 254 Å². The van der Waals surface area contributed by atoms with Crippen molar-refractivity contribution in [1.82, 2.24) is 14.4 Å². The Morgan fingerprint density at radius 2 is 1.97 bits per heavy atom. The van der Waals surface area contributed by atoms with Gasteiger partial charge < -0.3 is 23.9 Å². The van der Waals surface area contributed by atoms with E-state index in [1.807, 2.05) is 46.7 Å². The number of alkyl halides is 2. The van der Waals surface area contributed by atoms with Crippen molar-refractivity contribution in [1.29, 1.82) is 0 Å². The predicted octanol–water partition coefficient (Wildman–Crippen LogP) is 0.477. The number of pyridine rings is 2. The second-order valence-electron chi connectivity index (χ2n) is 9.58. The zero-order valence-corrected chi connectivity index (χ0v) is 23.6. The van der Waals surface area contributed by atoms with Crippen LogP contribution in [0.25, 0.3) is 16.8 Å². The fraction of sp³-hybridized carbons (Fsp3) is 0.296. The summed E-state index contributed by atoms with van der Waals surface area (Å²) in [4.78, 5) is 22.7. The van der Waals surface area contributed by atoms with E-state index in [0.717, 1.165) is 34.0 Å². The molecule has 1 aromatic carbocycles. The number of para-hydroxylation sites is 1. The van der Waals surface area contributed by atoms with E-state index in [4.69, 9.17) is 4.74 Å². The van der Waals surface area contributed by atoms with Crippen LogP contribution in [0.15, 0.2) is 60.9 Å². The summed E-state index contributed by atoms with van der Waals surface area (Å²) < 4.78 is 32.4. The number of piperidine rings is 1. The summed E-state index contributed by atoms with van der Waals surface area (Å²) in [6.45, 7) is 0.122. The SMILES string of the molecule is Cc1nc2ccc(-c3ccc(N4CC5CC5(C(=O)[O-])C4)nc3)cn2c1Cc1ccccc1OC(F)F.[K+]. The zero-order valence-electron chi connectivity index (χ0n) is 20.5. The van der Waals surface area contributed by atoms with Gasteiger partial charge in [0.15, 0.2) is 0 Å². The van der Waals surface area contributed by atoms with Crippen LogP contribution in [0.4, 0.5) is 14.6 Å². The number of benzene rings is 1. The van der Waals surface area contributed by atoms with Crippen molar-refractivity contribution >= 4 is 17.4 Å². The fourth-order valence-corrected chi connectivity index (χ4v) is 5.35. The van der Waals surface area contributed by atoms with Gasteiger partial charge in [-0.3, -0.25) is 0 Å². The number of carbonyl (C=O) groups excluding carboxylic acids is 1. The molecule has 1 saturated heterocycles. The quantitative estimate of drug-likeness (QED) is 0.325. The van der Waals surface area contributed by atoms with Crippen molar-refractivity contribution in [3.8, 4) is 16.9 Å². The van der Waals surface area contributed by atoms with E-state index >= 15 is 0 Å². The molecule has 4 aromatic rings. The molecule has 0 bridgehead atoms. The van der Waals surface area contributed by atoms with Gasteiger partial charge in [-0.05, 0) is 49.6 Å². The van der Waals surface area contributed by atoms with Crippen molar-refractivity contribution < 1.29 is 74.8 Å². The van der Waals surface area contributed by atoms with E-state index in [9.17, 15) is 18.7 Å². The van der Waals surface area contributed by atoms with Crippen LogP contribution in [0.1, 0.15) is 23.4 Å². The summed E-state index contributed by atoms with van der Waals surface area (Å²) >= 11 is 0. The minimum absolute atomic E-state index is 0. The predicted molar refractivity (Wildman–Crippen MR) is 127 cm³/mol. The molecule has 184 valence electrons. The number of carboxylic acids is 1. The Morgan fingerprint density at radius 3 is 2.68 bits per heavy atom. The van der Waals surface area contributed by atoms with Crippen molar-refractivity contribution in [2.75, 3.05) is 18.0 Å². The molecule has 0 spiro atoms. The number of anilines is 1. The number of carbonyl (C=O) groups is 1. The molecular formula is C27H23F2KN4O3. The fourth-order valence-electron chi connectivity index (χ4n) is 5.35. The van der Waals surface area contributed by atoms with Gasteiger partial charge >= 0.3 is 58.0 Å². The minimum Gasteiger partial charge on any atom is -0.549 e. The van der Waals surface area contributed by atoms with Crippen LogP contribution in [-0.2, 0) is 11.2 Å². The molecule has 2 unspecified atom stereocenters. The summed E-state index contributed by atoms with van der Waals surface area (Å²) in [7, 11) is 0. The largest absolute Gasteiger partial charge is 1.00 e. The maximum atomic E-state index is 12.9. The van der Waals surface area contributed by atoms with Crippen LogP contribution in [0, 0.1) is 18.3 Å². The van der Waals surface area contributed by atoms with Gasteiger partial charge in [0.25, 0.3) is 0 Å². The van der Waals surface area contributed by atoms with Crippen LogP contribution in [0.2, 0.25) is 0 Å². The van der Waals surface area contributed by atoms with Crippen LogP contribution in [0.5, 0.6) is 5.75 Å². The monoisotopic (exact) mass is 528 g/mol. The molecular weight excluding hydrogens is 505 g/mol. The van der Waals surface area contributed by atoms with E-state index in [0.29, 0.717) is 31.5 Å². The number of fused-ring (bicyclic) bond motifs is 2. The molecule has 1 saturated carbocycles. The van der Waals surface area contributed by atoms with E-state index in [1.54, 1.807) is 24.4 Å². The molecule has 0 N–H and O–H groups in total. The van der Waals surface area contributed by atoms with Crippen LogP contribution >= 0.6 is 0 Å². The summed E-state index contributed by atoms with van der Waals surface area (Å²) in [6.07, 6.45) is 4.82.